The molecule has 0 atom stereocenters. The molecule has 1 aromatic carbocycles. The molecular formula is C15H22N2O2. The summed E-state index contributed by atoms with van der Waals surface area (Å²) >= 11 is 0. The van der Waals surface area contributed by atoms with Gasteiger partial charge < -0.3 is 5.32 Å². The van der Waals surface area contributed by atoms with Crippen LogP contribution in [0.4, 0.5) is 11.4 Å². The SMILES string of the molecule is Cc1cc([N+](=O)[O-])c(C)cc1NCC1CCCCC1. The van der Waals surface area contributed by atoms with Crippen molar-refractivity contribution < 1.29 is 4.92 Å². The number of nitrogens with zero attached hydrogens (tertiary/aromatic N) is 1. The maximum absolute atomic E-state index is 10.9. The summed E-state index contributed by atoms with van der Waals surface area (Å²) in [6.07, 6.45) is 6.65. The first-order valence-electron chi connectivity index (χ1n) is 7.07. The first kappa shape index (κ1) is 13.8. The van der Waals surface area contributed by atoms with Crippen LogP contribution >= 0.6 is 0 Å². The fraction of sp³-hybridized carbons (Fsp3) is 0.600. The number of nitro benzene ring substituents is 1. The van der Waals surface area contributed by atoms with Crippen molar-refractivity contribution in [3.8, 4) is 0 Å². The first-order valence-corrected chi connectivity index (χ1v) is 7.07. The third-order valence-electron chi connectivity index (χ3n) is 4.05. The number of rotatable bonds is 4. The predicted octanol–water partition coefficient (Wildman–Crippen LogP) is 4.20. The van der Waals surface area contributed by atoms with Crippen molar-refractivity contribution in [3.63, 3.8) is 0 Å². The number of nitrogens with one attached hydrogen (secondary N) is 1. The molecule has 1 aliphatic carbocycles. The number of nitro groups is 1. The highest BCUT2D eigenvalue weighted by Gasteiger charge is 2.16. The van der Waals surface area contributed by atoms with Crippen LogP contribution in [-0.4, -0.2) is 11.5 Å². The van der Waals surface area contributed by atoms with E-state index in [2.05, 4.69) is 5.32 Å². The monoisotopic (exact) mass is 262 g/mol. The van der Waals surface area contributed by atoms with Crippen LogP contribution in [0.5, 0.6) is 0 Å². The van der Waals surface area contributed by atoms with E-state index < -0.39 is 0 Å². The maximum Gasteiger partial charge on any atom is 0.272 e. The minimum atomic E-state index is -0.312. The zero-order valence-corrected chi connectivity index (χ0v) is 11.7. The Labute approximate surface area is 114 Å². The number of aryl methyl sites for hydroxylation is 2. The molecule has 0 heterocycles. The first-order chi connectivity index (χ1) is 9.08. The lowest BCUT2D eigenvalue weighted by Crippen LogP contribution is -2.17. The van der Waals surface area contributed by atoms with Crippen LogP contribution in [0.2, 0.25) is 0 Å². The van der Waals surface area contributed by atoms with Gasteiger partial charge in [-0.15, -0.1) is 0 Å². The Morgan fingerprint density at radius 3 is 2.53 bits per heavy atom. The molecule has 4 nitrogen and oxygen atoms in total. The van der Waals surface area contributed by atoms with Gasteiger partial charge in [0.2, 0.25) is 0 Å². The molecule has 1 fully saturated rings. The highest BCUT2D eigenvalue weighted by atomic mass is 16.6. The Hall–Kier alpha value is -1.58. The van der Waals surface area contributed by atoms with E-state index in [1.807, 2.05) is 13.0 Å². The summed E-state index contributed by atoms with van der Waals surface area (Å²) in [4.78, 5) is 10.6. The molecule has 0 bridgehead atoms. The fourth-order valence-corrected chi connectivity index (χ4v) is 2.83. The van der Waals surface area contributed by atoms with Crippen LogP contribution < -0.4 is 5.32 Å². The van der Waals surface area contributed by atoms with Gasteiger partial charge in [0, 0.05) is 23.9 Å². The zero-order valence-electron chi connectivity index (χ0n) is 11.7. The summed E-state index contributed by atoms with van der Waals surface area (Å²) in [6, 6.07) is 3.56. The molecule has 0 aromatic heterocycles. The van der Waals surface area contributed by atoms with Gasteiger partial charge in [-0.2, -0.15) is 0 Å². The molecule has 0 saturated heterocycles. The second kappa shape index (κ2) is 6.04. The molecule has 4 heteroatoms. The Kier molecular flexibility index (Phi) is 4.40. The normalized spacial score (nSPS) is 16.3. The number of hydrogen-bond donors (Lipinski definition) is 1. The Morgan fingerprint density at radius 2 is 1.89 bits per heavy atom. The van der Waals surface area contributed by atoms with E-state index in [9.17, 15) is 10.1 Å². The molecule has 0 amide bonds. The highest BCUT2D eigenvalue weighted by molar-refractivity contribution is 5.59. The molecular weight excluding hydrogens is 240 g/mol. The molecule has 1 aliphatic rings. The van der Waals surface area contributed by atoms with Crippen molar-refractivity contribution in [2.75, 3.05) is 11.9 Å². The minimum absolute atomic E-state index is 0.209. The molecule has 0 aliphatic heterocycles. The molecule has 104 valence electrons. The van der Waals surface area contributed by atoms with Gasteiger partial charge in [-0.25, -0.2) is 0 Å². The van der Waals surface area contributed by atoms with E-state index in [-0.39, 0.29) is 10.6 Å². The quantitative estimate of drug-likeness (QED) is 0.653. The van der Waals surface area contributed by atoms with Gasteiger partial charge in [0.15, 0.2) is 0 Å². The summed E-state index contributed by atoms with van der Waals surface area (Å²) in [5, 5.41) is 14.3. The molecule has 0 radical (unpaired) electrons. The van der Waals surface area contributed by atoms with E-state index in [0.29, 0.717) is 0 Å². The third kappa shape index (κ3) is 3.46. The summed E-state index contributed by atoms with van der Waals surface area (Å²) in [7, 11) is 0. The van der Waals surface area contributed by atoms with Crippen LogP contribution in [0.25, 0.3) is 0 Å². The molecule has 1 aromatic rings. The lowest BCUT2D eigenvalue weighted by Gasteiger charge is -2.23. The summed E-state index contributed by atoms with van der Waals surface area (Å²) in [6.45, 7) is 4.71. The number of anilines is 1. The smallest absolute Gasteiger partial charge is 0.272 e. The highest BCUT2D eigenvalue weighted by Crippen LogP contribution is 2.28. The van der Waals surface area contributed by atoms with E-state index in [1.54, 1.807) is 13.0 Å². The van der Waals surface area contributed by atoms with Gasteiger partial charge in [-0.1, -0.05) is 19.3 Å². The van der Waals surface area contributed by atoms with Crippen molar-refractivity contribution in [2.45, 2.75) is 46.0 Å². The predicted molar refractivity (Wildman–Crippen MR) is 77.6 cm³/mol. The fourth-order valence-electron chi connectivity index (χ4n) is 2.83. The van der Waals surface area contributed by atoms with E-state index >= 15 is 0 Å². The third-order valence-corrected chi connectivity index (χ3v) is 4.05. The Morgan fingerprint density at radius 1 is 1.21 bits per heavy atom. The maximum atomic E-state index is 10.9. The minimum Gasteiger partial charge on any atom is -0.385 e. The lowest BCUT2D eigenvalue weighted by atomic mass is 9.89. The molecule has 0 unspecified atom stereocenters. The lowest BCUT2D eigenvalue weighted by molar-refractivity contribution is -0.385. The Balaban J connectivity index is 2.04. The van der Waals surface area contributed by atoms with Crippen LogP contribution in [-0.2, 0) is 0 Å². The van der Waals surface area contributed by atoms with E-state index in [1.165, 1.54) is 32.1 Å². The average Bonchev–Trinajstić information content (AvgIpc) is 2.40. The second-order valence-electron chi connectivity index (χ2n) is 5.60. The summed E-state index contributed by atoms with van der Waals surface area (Å²) in [5.41, 5.74) is 2.92. The number of hydrogen-bond acceptors (Lipinski definition) is 3. The Bertz CT molecular complexity index is 465. The van der Waals surface area contributed by atoms with Gasteiger partial charge in [-0.05, 0) is 44.2 Å². The second-order valence-corrected chi connectivity index (χ2v) is 5.60. The van der Waals surface area contributed by atoms with E-state index in [4.69, 9.17) is 0 Å². The van der Waals surface area contributed by atoms with Crippen molar-refractivity contribution >= 4 is 11.4 Å². The van der Waals surface area contributed by atoms with Gasteiger partial charge in [0.25, 0.3) is 5.69 Å². The van der Waals surface area contributed by atoms with Crippen LogP contribution in [0.15, 0.2) is 12.1 Å². The standard InChI is InChI=1S/C15H22N2O2/c1-11-9-15(17(18)19)12(2)8-14(11)16-10-13-6-4-3-5-7-13/h8-9,13,16H,3-7,10H2,1-2H3. The molecule has 1 N–H and O–H groups in total. The van der Waals surface area contributed by atoms with E-state index in [0.717, 1.165) is 29.3 Å². The van der Waals surface area contributed by atoms with Crippen LogP contribution in [0, 0.1) is 29.9 Å². The average molecular weight is 262 g/mol. The zero-order chi connectivity index (χ0) is 13.8. The molecule has 19 heavy (non-hydrogen) atoms. The van der Waals surface area contributed by atoms with Gasteiger partial charge in [-0.3, -0.25) is 10.1 Å². The summed E-state index contributed by atoms with van der Waals surface area (Å²) in [5.74, 6) is 0.753. The van der Waals surface area contributed by atoms with Gasteiger partial charge in [0.05, 0.1) is 4.92 Å². The van der Waals surface area contributed by atoms with Crippen molar-refractivity contribution in [3.05, 3.63) is 33.4 Å². The topological polar surface area (TPSA) is 55.2 Å². The summed E-state index contributed by atoms with van der Waals surface area (Å²) < 4.78 is 0. The van der Waals surface area contributed by atoms with Crippen LogP contribution in [0.1, 0.15) is 43.2 Å². The number of benzene rings is 1. The van der Waals surface area contributed by atoms with Crippen molar-refractivity contribution in [1.82, 2.24) is 0 Å². The van der Waals surface area contributed by atoms with Crippen LogP contribution in [0.3, 0.4) is 0 Å². The molecule has 1 saturated carbocycles. The van der Waals surface area contributed by atoms with Gasteiger partial charge >= 0.3 is 0 Å². The largest absolute Gasteiger partial charge is 0.385 e. The van der Waals surface area contributed by atoms with Crippen molar-refractivity contribution in [2.24, 2.45) is 5.92 Å². The van der Waals surface area contributed by atoms with Crippen molar-refractivity contribution in [1.29, 1.82) is 0 Å². The van der Waals surface area contributed by atoms with Gasteiger partial charge in [0.1, 0.15) is 0 Å². The molecule has 2 rings (SSSR count). The molecule has 0 spiro atoms.